The molecule has 21 heavy (non-hydrogen) atoms. The summed E-state index contributed by atoms with van der Waals surface area (Å²) in [4.78, 5) is 19.4. The molecule has 2 aromatic carbocycles. The van der Waals surface area contributed by atoms with Crippen molar-refractivity contribution in [2.24, 2.45) is 0 Å². The number of halogens is 1. The molecule has 1 N–H and O–H groups in total. The van der Waals surface area contributed by atoms with Crippen LogP contribution in [0.4, 0.5) is 0 Å². The number of carbonyl (C=O) groups excluding carboxylic acids is 1. The molecule has 0 bridgehead atoms. The van der Waals surface area contributed by atoms with Gasteiger partial charge in [-0.1, -0.05) is 23.7 Å². The van der Waals surface area contributed by atoms with Crippen molar-refractivity contribution >= 4 is 28.6 Å². The van der Waals surface area contributed by atoms with Gasteiger partial charge in [-0.15, -0.1) is 0 Å². The van der Waals surface area contributed by atoms with Crippen molar-refractivity contribution in [3.05, 3.63) is 53.1 Å². The first kappa shape index (κ1) is 13.6. The van der Waals surface area contributed by atoms with Crippen LogP contribution in [-0.4, -0.2) is 22.5 Å². The first-order valence-electron chi connectivity index (χ1n) is 6.60. The van der Waals surface area contributed by atoms with Crippen molar-refractivity contribution < 1.29 is 9.53 Å². The molecule has 0 aliphatic carbocycles. The first-order chi connectivity index (χ1) is 10.2. The lowest BCUT2D eigenvalue weighted by Gasteiger charge is -2.00. The number of benzene rings is 2. The second-order valence-corrected chi connectivity index (χ2v) is 4.98. The van der Waals surface area contributed by atoms with E-state index in [0.29, 0.717) is 23.0 Å². The highest BCUT2D eigenvalue weighted by molar-refractivity contribution is 6.30. The third-order valence-electron chi connectivity index (χ3n) is 3.09. The van der Waals surface area contributed by atoms with Crippen LogP contribution in [0.1, 0.15) is 17.3 Å². The second kappa shape index (κ2) is 5.58. The number of fused-ring (bicyclic) bond motifs is 1. The Kier molecular flexibility index (Phi) is 3.62. The lowest BCUT2D eigenvalue weighted by atomic mass is 10.2. The van der Waals surface area contributed by atoms with Crippen LogP contribution in [0.5, 0.6) is 0 Å². The van der Waals surface area contributed by atoms with Crippen molar-refractivity contribution in [3.63, 3.8) is 0 Å². The maximum absolute atomic E-state index is 11.7. The third-order valence-corrected chi connectivity index (χ3v) is 3.33. The summed E-state index contributed by atoms with van der Waals surface area (Å²) < 4.78 is 4.99. The summed E-state index contributed by atoms with van der Waals surface area (Å²) in [7, 11) is 0. The Labute approximate surface area is 126 Å². The average Bonchev–Trinajstić information content (AvgIpc) is 2.90. The minimum absolute atomic E-state index is 0.335. The zero-order valence-electron chi connectivity index (χ0n) is 11.4. The molecule has 4 nitrogen and oxygen atoms in total. The smallest absolute Gasteiger partial charge is 0.338 e. The van der Waals surface area contributed by atoms with Gasteiger partial charge in [0.05, 0.1) is 23.2 Å². The number of carbonyl (C=O) groups is 1. The van der Waals surface area contributed by atoms with Gasteiger partial charge in [-0.05, 0) is 37.3 Å². The van der Waals surface area contributed by atoms with Crippen molar-refractivity contribution in [1.82, 2.24) is 9.97 Å². The molecule has 5 heteroatoms. The molecule has 0 fully saturated rings. The Hall–Kier alpha value is -2.33. The standard InChI is InChI=1S/C16H13ClN2O2/c1-2-21-16(20)11-6-7-13-14(9-11)19-15(18-13)10-4-3-5-12(17)8-10/h3-9H,2H2,1H3,(H,18,19). The van der Waals surface area contributed by atoms with Crippen LogP contribution in [0.2, 0.25) is 5.02 Å². The third kappa shape index (κ3) is 2.76. The maximum Gasteiger partial charge on any atom is 0.338 e. The Morgan fingerprint density at radius 2 is 2.14 bits per heavy atom. The number of hydrogen-bond acceptors (Lipinski definition) is 3. The SMILES string of the molecule is CCOC(=O)c1ccc2nc(-c3cccc(Cl)c3)[nH]c2c1. The number of nitrogens with one attached hydrogen (secondary N) is 1. The number of ether oxygens (including phenoxy) is 1. The number of esters is 1. The van der Waals surface area contributed by atoms with E-state index in [1.54, 1.807) is 25.1 Å². The molecule has 0 radical (unpaired) electrons. The minimum Gasteiger partial charge on any atom is -0.462 e. The zero-order valence-corrected chi connectivity index (χ0v) is 12.1. The molecule has 106 valence electrons. The number of aromatic nitrogens is 2. The van der Waals surface area contributed by atoms with Gasteiger partial charge in [-0.2, -0.15) is 0 Å². The van der Waals surface area contributed by atoms with E-state index in [4.69, 9.17) is 16.3 Å². The molecule has 0 amide bonds. The second-order valence-electron chi connectivity index (χ2n) is 4.55. The van der Waals surface area contributed by atoms with E-state index in [2.05, 4.69) is 9.97 Å². The van der Waals surface area contributed by atoms with Crippen LogP contribution in [0.25, 0.3) is 22.4 Å². The van der Waals surface area contributed by atoms with Gasteiger partial charge in [0.25, 0.3) is 0 Å². The largest absolute Gasteiger partial charge is 0.462 e. The topological polar surface area (TPSA) is 55.0 Å². The molecule has 0 saturated heterocycles. The molecule has 3 rings (SSSR count). The summed E-state index contributed by atoms with van der Waals surface area (Å²) in [5, 5.41) is 0.653. The van der Waals surface area contributed by atoms with E-state index in [-0.39, 0.29) is 5.97 Å². The minimum atomic E-state index is -0.335. The summed E-state index contributed by atoms with van der Waals surface area (Å²) in [5.41, 5.74) is 2.98. The van der Waals surface area contributed by atoms with Crippen LogP contribution in [0.3, 0.4) is 0 Å². The normalized spacial score (nSPS) is 10.8. The quantitative estimate of drug-likeness (QED) is 0.742. The Balaban J connectivity index is 2.02. The highest BCUT2D eigenvalue weighted by Crippen LogP contribution is 2.23. The van der Waals surface area contributed by atoms with Gasteiger partial charge in [0.1, 0.15) is 5.82 Å². The lowest BCUT2D eigenvalue weighted by Crippen LogP contribution is -2.04. The van der Waals surface area contributed by atoms with E-state index in [1.165, 1.54) is 0 Å². The number of rotatable bonds is 3. The van der Waals surface area contributed by atoms with Crippen molar-refractivity contribution in [2.75, 3.05) is 6.61 Å². The summed E-state index contributed by atoms with van der Waals surface area (Å²) in [6.45, 7) is 2.14. The van der Waals surface area contributed by atoms with Crippen LogP contribution in [0.15, 0.2) is 42.5 Å². The predicted octanol–water partition coefficient (Wildman–Crippen LogP) is 4.06. The Morgan fingerprint density at radius 3 is 2.90 bits per heavy atom. The molecule has 0 aliphatic rings. The van der Waals surface area contributed by atoms with Crippen molar-refractivity contribution in [1.29, 1.82) is 0 Å². The van der Waals surface area contributed by atoms with E-state index < -0.39 is 0 Å². The molecular weight excluding hydrogens is 288 g/mol. The molecule has 0 atom stereocenters. The fourth-order valence-electron chi connectivity index (χ4n) is 2.12. The van der Waals surface area contributed by atoms with Crippen LogP contribution in [0, 0.1) is 0 Å². The Bertz CT molecular complexity index is 811. The van der Waals surface area contributed by atoms with E-state index in [9.17, 15) is 4.79 Å². The molecule has 0 spiro atoms. The lowest BCUT2D eigenvalue weighted by molar-refractivity contribution is 0.0526. The molecule has 0 aliphatic heterocycles. The number of H-pyrrole nitrogens is 1. The monoisotopic (exact) mass is 300 g/mol. The van der Waals surface area contributed by atoms with Gasteiger partial charge in [-0.25, -0.2) is 9.78 Å². The summed E-state index contributed by atoms with van der Waals surface area (Å²) in [6, 6.07) is 12.7. The van der Waals surface area contributed by atoms with Gasteiger partial charge < -0.3 is 9.72 Å². The molecule has 3 aromatic rings. The molecule has 1 aromatic heterocycles. The molecule has 0 unspecified atom stereocenters. The fraction of sp³-hybridized carbons (Fsp3) is 0.125. The molecule has 0 saturated carbocycles. The van der Waals surface area contributed by atoms with E-state index >= 15 is 0 Å². The summed E-state index contributed by atoms with van der Waals surface area (Å²) in [5.74, 6) is 0.381. The van der Waals surface area contributed by atoms with Crippen LogP contribution in [-0.2, 0) is 4.74 Å². The summed E-state index contributed by atoms with van der Waals surface area (Å²) in [6.07, 6.45) is 0. The molecular formula is C16H13ClN2O2. The summed E-state index contributed by atoms with van der Waals surface area (Å²) >= 11 is 5.99. The van der Waals surface area contributed by atoms with Crippen molar-refractivity contribution in [3.8, 4) is 11.4 Å². The number of hydrogen-bond donors (Lipinski definition) is 1. The average molecular weight is 301 g/mol. The molecule has 1 heterocycles. The van der Waals surface area contributed by atoms with Gasteiger partial charge >= 0.3 is 5.97 Å². The highest BCUT2D eigenvalue weighted by Gasteiger charge is 2.10. The number of nitrogens with zero attached hydrogens (tertiary/aromatic N) is 1. The van der Waals surface area contributed by atoms with Crippen LogP contribution >= 0.6 is 11.6 Å². The fourth-order valence-corrected chi connectivity index (χ4v) is 2.31. The van der Waals surface area contributed by atoms with Gasteiger partial charge in [0.2, 0.25) is 0 Å². The predicted molar refractivity (Wildman–Crippen MR) is 82.5 cm³/mol. The van der Waals surface area contributed by atoms with Crippen LogP contribution < -0.4 is 0 Å². The number of imidazole rings is 1. The Morgan fingerprint density at radius 1 is 1.29 bits per heavy atom. The first-order valence-corrected chi connectivity index (χ1v) is 6.98. The van der Waals surface area contributed by atoms with E-state index in [0.717, 1.165) is 16.6 Å². The zero-order chi connectivity index (χ0) is 14.8. The highest BCUT2D eigenvalue weighted by atomic mass is 35.5. The van der Waals surface area contributed by atoms with E-state index in [1.807, 2.05) is 24.3 Å². The van der Waals surface area contributed by atoms with Crippen molar-refractivity contribution in [2.45, 2.75) is 6.92 Å². The maximum atomic E-state index is 11.7. The number of aromatic amines is 1. The van der Waals surface area contributed by atoms with Gasteiger partial charge in [0, 0.05) is 10.6 Å². The van der Waals surface area contributed by atoms with Gasteiger partial charge in [-0.3, -0.25) is 0 Å². The van der Waals surface area contributed by atoms with Gasteiger partial charge in [0.15, 0.2) is 0 Å².